The first kappa shape index (κ1) is 14.4. The Bertz CT molecular complexity index is 371. The van der Waals surface area contributed by atoms with E-state index in [4.69, 9.17) is 4.74 Å². The summed E-state index contributed by atoms with van der Waals surface area (Å²) in [5, 5.41) is 28.9. The standard InChI is InChI=1S/C15H24O5/c16-9-2-3-10-13(7-9)20-14(15(10)19)6-8-1-4-11(17)12(18)5-8/h8-14,16-18H,1-7H2. The molecule has 3 rings (SSSR count). The van der Waals surface area contributed by atoms with Crippen molar-refractivity contribution in [1.82, 2.24) is 0 Å². The number of carbonyl (C=O) groups is 1. The highest BCUT2D eigenvalue weighted by Crippen LogP contribution is 2.39. The fourth-order valence-corrected chi connectivity index (χ4v) is 4.00. The molecule has 2 aliphatic carbocycles. The van der Waals surface area contributed by atoms with Crippen LogP contribution in [0.4, 0.5) is 0 Å². The van der Waals surface area contributed by atoms with E-state index < -0.39 is 12.2 Å². The van der Waals surface area contributed by atoms with Crippen molar-refractivity contribution < 1.29 is 24.9 Å². The van der Waals surface area contributed by atoms with Crippen molar-refractivity contribution in [3.8, 4) is 0 Å². The number of ether oxygens (including phenoxy) is 1. The van der Waals surface area contributed by atoms with E-state index in [0.717, 1.165) is 12.8 Å². The lowest BCUT2D eigenvalue weighted by atomic mass is 9.79. The maximum atomic E-state index is 12.3. The molecule has 0 aromatic carbocycles. The lowest BCUT2D eigenvalue weighted by Crippen LogP contribution is -2.35. The SMILES string of the molecule is O=C1C(CC2CCC(O)C(O)C2)OC2CC(O)CCC12. The summed E-state index contributed by atoms with van der Waals surface area (Å²) < 4.78 is 5.86. The molecular formula is C15H24O5. The second kappa shape index (κ2) is 5.72. The van der Waals surface area contributed by atoms with Crippen LogP contribution in [0.3, 0.4) is 0 Å². The van der Waals surface area contributed by atoms with Gasteiger partial charge in [0.25, 0.3) is 0 Å². The molecule has 3 N–H and O–H groups in total. The third kappa shape index (κ3) is 2.77. The first-order valence-corrected chi connectivity index (χ1v) is 7.78. The molecular weight excluding hydrogens is 260 g/mol. The van der Waals surface area contributed by atoms with E-state index in [9.17, 15) is 20.1 Å². The van der Waals surface area contributed by atoms with E-state index in [2.05, 4.69) is 0 Å². The predicted octanol–water partition coefficient (Wildman–Crippen LogP) is 0.396. The molecule has 0 amide bonds. The van der Waals surface area contributed by atoms with Gasteiger partial charge in [-0.3, -0.25) is 4.79 Å². The van der Waals surface area contributed by atoms with Gasteiger partial charge in [0.05, 0.1) is 24.4 Å². The normalized spacial score (nSPS) is 49.1. The van der Waals surface area contributed by atoms with Crippen LogP contribution >= 0.6 is 0 Å². The fourth-order valence-electron chi connectivity index (χ4n) is 4.00. The first-order chi connectivity index (χ1) is 9.54. The Morgan fingerprint density at radius 3 is 2.55 bits per heavy atom. The molecule has 3 fully saturated rings. The number of hydrogen-bond donors (Lipinski definition) is 3. The molecule has 0 bridgehead atoms. The van der Waals surface area contributed by atoms with Crippen LogP contribution in [0, 0.1) is 11.8 Å². The van der Waals surface area contributed by atoms with Gasteiger partial charge in [-0.2, -0.15) is 0 Å². The summed E-state index contributed by atoms with van der Waals surface area (Å²) in [6.07, 6.45) is 2.49. The van der Waals surface area contributed by atoms with Gasteiger partial charge in [0, 0.05) is 12.3 Å². The van der Waals surface area contributed by atoms with Crippen LogP contribution in [-0.4, -0.2) is 51.6 Å². The number of Topliss-reactive ketones (excluding diaryl/α,β-unsaturated/α-hetero) is 1. The number of rotatable bonds is 2. The van der Waals surface area contributed by atoms with Gasteiger partial charge >= 0.3 is 0 Å². The number of carbonyl (C=O) groups excluding carboxylic acids is 1. The van der Waals surface area contributed by atoms with Crippen LogP contribution < -0.4 is 0 Å². The van der Waals surface area contributed by atoms with Crippen molar-refractivity contribution in [3.05, 3.63) is 0 Å². The highest BCUT2D eigenvalue weighted by Gasteiger charge is 2.46. The summed E-state index contributed by atoms with van der Waals surface area (Å²) in [6, 6.07) is 0. The summed E-state index contributed by atoms with van der Waals surface area (Å²) in [7, 11) is 0. The minimum Gasteiger partial charge on any atom is -0.393 e. The van der Waals surface area contributed by atoms with Gasteiger partial charge in [-0.1, -0.05) is 0 Å². The molecule has 7 atom stereocenters. The Labute approximate surface area is 118 Å². The molecule has 7 unspecified atom stereocenters. The van der Waals surface area contributed by atoms with Crippen LogP contribution in [0.5, 0.6) is 0 Å². The van der Waals surface area contributed by atoms with Crippen LogP contribution in [0.1, 0.15) is 44.9 Å². The van der Waals surface area contributed by atoms with E-state index in [0.29, 0.717) is 32.1 Å². The predicted molar refractivity (Wildman–Crippen MR) is 71.0 cm³/mol. The topological polar surface area (TPSA) is 87.0 Å². The molecule has 114 valence electrons. The molecule has 1 heterocycles. The van der Waals surface area contributed by atoms with E-state index in [1.807, 2.05) is 0 Å². The average Bonchev–Trinajstić information content (AvgIpc) is 2.70. The van der Waals surface area contributed by atoms with Gasteiger partial charge in [0.15, 0.2) is 5.78 Å². The third-order valence-corrected chi connectivity index (χ3v) is 5.22. The van der Waals surface area contributed by atoms with Crippen molar-refractivity contribution in [3.63, 3.8) is 0 Å². The smallest absolute Gasteiger partial charge is 0.167 e. The van der Waals surface area contributed by atoms with Gasteiger partial charge < -0.3 is 20.1 Å². The lowest BCUT2D eigenvalue weighted by Gasteiger charge is -2.31. The molecule has 3 aliphatic rings. The fraction of sp³-hybridized carbons (Fsp3) is 0.933. The van der Waals surface area contributed by atoms with Gasteiger partial charge in [-0.25, -0.2) is 0 Å². The summed E-state index contributed by atoms with van der Waals surface area (Å²) in [4.78, 5) is 12.3. The number of ketones is 1. The Hall–Kier alpha value is -0.490. The zero-order valence-electron chi connectivity index (χ0n) is 11.6. The quantitative estimate of drug-likeness (QED) is 0.683. The zero-order valence-corrected chi connectivity index (χ0v) is 11.6. The monoisotopic (exact) mass is 284 g/mol. The average molecular weight is 284 g/mol. The van der Waals surface area contributed by atoms with Gasteiger partial charge in [0.1, 0.15) is 6.10 Å². The van der Waals surface area contributed by atoms with Crippen molar-refractivity contribution in [2.45, 2.75) is 75.5 Å². The van der Waals surface area contributed by atoms with E-state index in [1.165, 1.54) is 0 Å². The molecule has 0 spiro atoms. The number of aliphatic hydroxyl groups excluding tert-OH is 3. The third-order valence-electron chi connectivity index (χ3n) is 5.22. The Morgan fingerprint density at radius 2 is 1.80 bits per heavy atom. The summed E-state index contributed by atoms with van der Waals surface area (Å²) in [6.45, 7) is 0. The van der Waals surface area contributed by atoms with E-state index in [1.54, 1.807) is 0 Å². The Morgan fingerprint density at radius 1 is 1.00 bits per heavy atom. The Kier molecular flexibility index (Phi) is 4.13. The molecule has 0 aromatic heterocycles. The van der Waals surface area contributed by atoms with Crippen molar-refractivity contribution in [2.75, 3.05) is 0 Å². The van der Waals surface area contributed by atoms with Crippen molar-refractivity contribution in [2.24, 2.45) is 11.8 Å². The van der Waals surface area contributed by atoms with Crippen LogP contribution in [0.2, 0.25) is 0 Å². The summed E-state index contributed by atoms with van der Waals surface area (Å²) in [5.74, 6) is 0.387. The highest BCUT2D eigenvalue weighted by atomic mass is 16.5. The second-order valence-corrected chi connectivity index (χ2v) is 6.69. The molecule has 1 saturated heterocycles. The van der Waals surface area contributed by atoms with Crippen LogP contribution in [0.15, 0.2) is 0 Å². The first-order valence-electron chi connectivity index (χ1n) is 7.78. The van der Waals surface area contributed by atoms with E-state index in [-0.39, 0.29) is 35.9 Å². The molecule has 20 heavy (non-hydrogen) atoms. The Balaban J connectivity index is 1.57. The molecule has 1 aliphatic heterocycles. The van der Waals surface area contributed by atoms with Crippen molar-refractivity contribution >= 4 is 5.78 Å². The largest absolute Gasteiger partial charge is 0.393 e. The molecule has 0 aromatic rings. The van der Waals surface area contributed by atoms with Gasteiger partial charge in [0.2, 0.25) is 0 Å². The number of aliphatic hydroxyl groups is 3. The molecule has 2 saturated carbocycles. The minimum atomic E-state index is -0.672. The van der Waals surface area contributed by atoms with Crippen LogP contribution in [0.25, 0.3) is 0 Å². The molecule has 5 nitrogen and oxygen atoms in total. The summed E-state index contributed by atoms with van der Waals surface area (Å²) >= 11 is 0. The zero-order chi connectivity index (χ0) is 14.3. The minimum absolute atomic E-state index is 0.0393. The van der Waals surface area contributed by atoms with Gasteiger partial charge in [-0.05, 0) is 44.4 Å². The maximum Gasteiger partial charge on any atom is 0.167 e. The second-order valence-electron chi connectivity index (χ2n) is 6.69. The molecule has 0 radical (unpaired) electrons. The lowest BCUT2D eigenvalue weighted by molar-refractivity contribution is -0.125. The number of fused-ring (bicyclic) bond motifs is 1. The van der Waals surface area contributed by atoms with E-state index >= 15 is 0 Å². The maximum absolute atomic E-state index is 12.3. The number of hydrogen-bond acceptors (Lipinski definition) is 5. The summed E-state index contributed by atoms with van der Waals surface area (Å²) in [5.41, 5.74) is 0. The molecule has 5 heteroatoms. The van der Waals surface area contributed by atoms with Gasteiger partial charge in [-0.15, -0.1) is 0 Å². The van der Waals surface area contributed by atoms with Crippen molar-refractivity contribution in [1.29, 1.82) is 0 Å². The highest BCUT2D eigenvalue weighted by molar-refractivity contribution is 5.87. The van der Waals surface area contributed by atoms with Crippen LogP contribution in [-0.2, 0) is 9.53 Å².